The summed E-state index contributed by atoms with van der Waals surface area (Å²) in [7, 11) is 1.58. The van der Waals surface area contributed by atoms with Crippen LogP contribution in [0.1, 0.15) is 24.0 Å². The summed E-state index contributed by atoms with van der Waals surface area (Å²) < 4.78 is 5.12. The molecule has 0 saturated carbocycles. The van der Waals surface area contributed by atoms with E-state index in [4.69, 9.17) is 10.00 Å². The summed E-state index contributed by atoms with van der Waals surface area (Å²) in [6, 6.07) is 8.42. The summed E-state index contributed by atoms with van der Waals surface area (Å²) in [6.45, 7) is 0.797. The summed E-state index contributed by atoms with van der Waals surface area (Å²) >= 11 is 0. The van der Waals surface area contributed by atoms with Crippen molar-refractivity contribution in [3.63, 3.8) is 0 Å². The smallest absolute Gasteiger partial charge is 0.136 e. The van der Waals surface area contributed by atoms with Crippen LogP contribution in [-0.4, -0.2) is 13.2 Å². The molecule has 0 fully saturated rings. The first-order valence-electron chi connectivity index (χ1n) is 5.79. The first-order chi connectivity index (χ1) is 8.33. The van der Waals surface area contributed by atoms with Gasteiger partial charge in [0.15, 0.2) is 0 Å². The fraction of sp³-hybridized carbons (Fsp3) is 0.357. The van der Waals surface area contributed by atoms with Gasteiger partial charge in [0.25, 0.3) is 0 Å². The lowest BCUT2D eigenvalue weighted by Gasteiger charge is -2.12. The Labute approximate surface area is 102 Å². The number of nitrogens with zero attached hydrogens (tertiary/aromatic N) is 1. The van der Waals surface area contributed by atoms with Crippen LogP contribution >= 0.6 is 0 Å². The highest BCUT2D eigenvalue weighted by atomic mass is 16.5. The third kappa shape index (κ3) is 2.86. The van der Waals surface area contributed by atoms with E-state index in [9.17, 15) is 0 Å². The topological polar surface area (TPSA) is 45.0 Å². The third-order valence-corrected chi connectivity index (χ3v) is 2.99. The van der Waals surface area contributed by atoms with Gasteiger partial charge in [-0.2, -0.15) is 5.26 Å². The largest absolute Gasteiger partial charge is 0.495 e. The minimum atomic E-state index is 0.544. The van der Waals surface area contributed by atoms with Gasteiger partial charge in [-0.15, -0.1) is 0 Å². The molecule has 0 heterocycles. The molecule has 0 unspecified atom stereocenters. The second-order valence-electron chi connectivity index (χ2n) is 4.17. The maximum Gasteiger partial charge on any atom is 0.136 e. The van der Waals surface area contributed by atoms with E-state index in [1.807, 2.05) is 18.2 Å². The fourth-order valence-electron chi connectivity index (χ4n) is 2.00. The molecule has 0 aromatic heterocycles. The number of ether oxygens (including phenoxy) is 1. The molecule has 0 amide bonds. The molecule has 2 rings (SSSR count). The van der Waals surface area contributed by atoms with Gasteiger partial charge in [-0.1, -0.05) is 18.2 Å². The van der Waals surface area contributed by atoms with E-state index in [1.165, 1.54) is 0 Å². The predicted octanol–water partition coefficient (Wildman–Crippen LogP) is 2.38. The molecule has 0 radical (unpaired) electrons. The maximum absolute atomic E-state index is 8.99. The zero-order valence-corrected chi connectivity index (χ0v) is 9.94. The average molecular weight is 228 g/mol. The lowest BCUT2D eigenvalue weighted by Crippen LogP contribution is -2.25. The Morgan fingerprint density at radius 2 is 2.18 bits per heavy atom. The molecule has 1 aliphatic carbocycles. The molecular weight excluding hydrogens is 212 g/mol. The molecule has 0 bridgehead atoms. The Morgan fingerprint density at radius 3 is 2.82 bits per heavy atom. The van der Waals surface area contributed by atoms with Crippen molar-refractivity contribution in [2.24, 2.45) is 0 Å². The van der Waals surface area contributed by atoms with Crippen LogP contribution in [0.3, 0.4) is 0 Å². The van der Waals surface area contributed by atoms with E-state index in [-0.39, 0.29) is 0 Å². The van der Waals surface area contributed by atoms with Gasteiger partial charge in [-0.3, -0.25) is 0 Å². The zero-order valence-electron chi connectivity index (χ0n) is 9.94. The SMILES string of the molecule is COc1ccc(CNC2CC=CC2)cc1C#N. The summed E-state index contributed by atoms with van der Waals surface area (Å²) in [5.41, 5.74) is 1.71. The molecule has 88 valence electrons. The normalized spacial score (nSPS) is 14.8. The quantitative estimate of drug-likeness (QED) is 0.805. The Balaban J connectivity index is 1.99. The van der Waals surface area contributed by atoms with Crippen LogP contribution in [0.15, 0.2) is 30.4 Å². The van der Waals surface area contributed by atoms with Gasteiger partial charge in [-0.05, 0) is 30.5 Å². The van der Waals surface area contributed by atoms with Gasteiger partial charge < -0.3 is 10.1 Å². The number of methoxy groups -OCH3 is 1. The van der Waals surface area contributed by atoms with Gasteiger partial charge in [0, 0.05) is 12.6 Å². The van der Waals surface area contributed by atoms with E-state index < -0.39 is 0 Å². The number of hydrogen-bond donors (Lipinski definition) is 1. The van der Waals surface area contributed by atoms with Gasteiger partial charge in [0.05, 0.1) is 12.7 Å². The highest BCUT2D eigenvalue weighted by Crippen LogP contribution is 2.19. The van der Waals surface area contributed by atoms with Crippen LogP contribution in [0.25, 0.3) is 0 Å². The second kappa shape index (κ2) is 5.51. The highest BCUT2D eigenvalue weighted by molar-refractivity contribution is 5.45. The molecule has 0 atom stereocenters. The number of nitriles is 1. The average Bonchev–Trinajstić information content (AvgIpc) is 2.89. The molecule has 0 spiro atoms. The molecule has 0 aliphatic heterocycles. The second-order valence-corrected chi connectivity index (χ2v) is 4.17. The standard InChI is InChI=1S/C14H16N2O/c1-17-14-7-6-11(8-12(14)9-15)10-16-13-4-2-3-5-13/h2-3,6-8,13,16H,4-5,10H2,1H3. The molecule has 17 heavy (non-hydrogen) atoms. The first-order valence-corrected chi connectivity index (χ1v) is 5.79. The Kier molecular flexibility index (Phi) is 3.79. The molecule has 1 aromatic carbocycles. The summed E-state index contributed by atoms with van der Waals surface area (Å²) in [4.78, 5) is 0. The van der Waals surface area contributed by atoms with Crippen molar-refractivity contribution in [3.05, 3.63) is 41.5 Å². The molecule has 1 aliphatic rings. The first kappa shape index (κ1) is 11.7. The summed E-state index contributed by atoms with van der Waals surface area (Å²) in [5, 5.41) is 12.5. The summed E-state index contributed by atoms with van der Waals surface area (Å²) in [6.07, 6.45) is 6.60. The number of nitrogens with one attached hydrogen (secondary N) is 1. The minimum Gasteiger partial charge on any atom is -0.495 e. The number of hydrogen-bond acceptors (Lipinski definition) is 3. The van der Waals surface area contributed by atoms with Crippen LogP contribution in [-0.2, 0) is 6.54 Å². The summed E-state index contributed by atoms with van der Waals surface area (Å²) in [5.74, 6) is 0.638. The molecular formula is C14H16N2O. The maximum atomic E-state index is 8.99. The van der Waals surface area contributed by atoms with Gasteiger partial charge in [-0.25, -0.2) is 0 Å². The van der Waals surface area contributed by atoms with Crippen LogP contribution in [0, 0.1) is 11.3 Å². The van der Waals surface area contributed by atoms with Crippen molar-refractivity contribution in [1.82, 2.24) is 5.32 Å². The molecule has 3 heteroatoms. The third-order valence-electron chi connectivity index (χ3n) is 2.99. The molecule has 3 nitrogen and oxygen atoms in total. The van der Waals surface area contributed by atoms with Crippen molar-refractivity contribution < 1.29 is 4.74 Å². The van der Waals surface area contributed by atoms with Crippen LogP contribution in [0.5, 0.6) is 5.75 Å². The van der Waals surface area contributed by atoms with Crippen molar-refractivity contribution in [2.45, 2.75) is 25.4 Å². The van der Waals surface area contributed by atoms with E-state index in [1.54, 1.807) is 7.11 Å². The fourth-order valence-corrected chi connectivity index (χ4v) is 2.00. The number of rotatable bonds is 4. The Bertz CT molecular complexity index is 452. The lowest BCUT2D eigenvalue weighted by molar-refractivity contribution is 0.413. The van der Waals surface area contributed by atoms with Crippen molar-refractivity contribution in [2.75, 3.05) is 7.11 Å². The van der Waals surface area contributed by atoms with Crippen molar-refractivity contribution in [3.8, 4) is 11.8 Å². The van der Waals surface area contributed by atoms with E-state index >= 15 is 0 Å². The van der Waals surface area contributed by atoms with Gasteiger partial charge >= 0.3 is 0 Å². The number of benzene rings is 1. The Hall–Kier alpha value is -1.79. The van der Waals surface area contributed by atoms with E-state index in [0.717, 1.165) is 24.9 Å². The predicted molar refractivity (Wildman–Crippen MR) is 66.7 cm³/mol. The monoisotopic (exact) mass is 228 g/mol. The molecule has 1 N–H and O–H groups in total. The highest BCUT2D eigenvalue weighted by Gasteiger charge is 2.09. The Morgan fingerprint density at radius 1 is 1.41 bits per heavy atom. The van der Waals surface area contributed by atoms with Gasteiger partial charge in [0.2, 0.25) is 0 Å². The van der Waals surface area contributed by atoms with Crippen molar-refractivity contribution >= 4 is 0 Å². The van der Waals surface area contributed by atoms with Crippen LogP contribution in [0.4, 0.5) is 0 Å². The molecule has 1 aromatic rings. The lowest BCUT2D eigenvalue weighted by atomic mass is 10.1. The zero-order chi connectivity index (χ0) is 12.1. The van der Waals surface area contributed by atoms with E-state index in [2.05, 4.69) is 23.5 Å². The minimum absolute atomic E-state index is 0.544. The van der Waals surface area contributed by atoms with E-state index in [0.29, 0.717) is 17.4 Å². The van der Waals surface area contributed by atoms with Gasteiger partial charge in [0.1, 0.15) is 11.8 Å². The van der Waals surface area contributed by atoms with Crippen LogP contribution in [0.2, 0.25) is 0 Å². The molecule has 0 saturated heterocycles. The van der Waals surface area contributed by atoms with Crippen molar-refractivity contribution in [1.29, 1.82) is 5.26 Å². The van der Waals surface area contributed by atoms with Crippen LogP contribution < -0.4 is 10.1 Å².